The molecule has 0 heterocycles. The predicted octanol–water partition coefficient (Wildman–Crippen LogP) is 2.09. The van der Waals surface area contributed by atoms with Crippen LogP contribution in [0.4, 0.5) is 0 Å². The van der Waals surface area contributed by atoms with Crippen LogP contribution in [-0.2, 0) is 27.7 Å². The first-order valence-corrected chi connectivity index (χ1v) is 0. The van der Waals surface area contributed by atoms with Crippen LogP contribution in [0.5, 0.6) is 0 Å². The van der Waals surface area contributed by atoms with Gasteiger partial charge in [0.05, 0.1) is 0 Å². The van der Waals surface area contributed by atoms with E-state index in [0.29, 0.717) is 0 Å². The summed E-state index contributed by atoms with van der Waals surface area (Å²) in [7, 11) is 0. The van der Waals surface area contributed by atoms with Crippen molar-refractivity contribution in [2.45, 2.75) is 0 Å². The van der Waals surface area contributed by atoms with E-state index in [1.54, 1.807) is 0 Å². The van der Waals surface area contributed by atoms with Crippen molar-refractivity contribution in [3.8, 4) is 0 Å². The van der Waals surface area contributed by atoms with Gasteiger partial charge in [0.1, 0.15) is 0 Å². The smallest absolute Gasteiger partial charge is 0 e. The first-order valence-electron chi connectivity index (χ1n) is 0. The van der Waals surface area contributed by atoms with Crippen molar-refractivity contribution in [3.63, 3.8) is 0 Å². The van der Waals surface area contributed by atoms with E-state index < -0.39 is 0 Å². The van der Waals surface area contributed by atoms with Gasteiger partial charge in [-0.2, -0.15) is 0 Å². The molecule has 0 saturated carbocycles. The van der Waals surface area contributed by atoms with Crippen LogP contribution in [0.15, 0.2) is 0 Å². The van der Waals surface area contributed by atoms with E-state index in [1.165, 1.54) is 0 Å². The zero-order chi connectivity index (χ0) is 0. The first kappa shape index (κ1) is 40.6. The second kappa shape index (κ2) is 30.7. The van der Waals surface area contributed by atoms with Crippen LogP contribution in [-0.4, -0.2) is 68.9 Å². The van der Waals surface area contributed by atoms with Crippen LogP contribution in [0.3, 0.4) is 0 Å². The summed E-state index contributed by atoms with van der Waals surface area (Å²) in [5.74, 6) is 0. The summed E-state index contributed by atoms with van der Waals surface area (Å²) < 4.78 is 0. The van der Waals surface area contributed by atoms with E-state index in [4.69, 9.17) is 0 Å². The van der Waals surface area contributed by atoms with Gasteiger partial charge in [-0.25, -0.2) is 0 Å². The summed E-state index contributed by atoms with van der Waals surface area (Å²) in [6, 6.07) is 0. The molecule has 0 aliphatic carbocycles. The summed E-state index contributed by atoms with van der Waals surface area (Å²) in [6.07, 6.45) is 0. The van der Waals surface area contributed by atoms with Crippen molar-refractivity contribution in [1.29, 1.82) is 0 Å². The van der Waals surface area contributed by atoms with Gasteiger partial charge in [0.15, 0.2) is 0 Å². The molecule has 0 N–H and O–H groups in total. The second-order valence-corrected chi connectivity index (χ2v) is 0. The first-order chi connectivity index (χ1) is 0. The Morgan fingerprint density at radius 2 is 0.500 bits per heavy atom. The number of halogens is 4. The van der Waals surface area contributed by atoms with Crippen molar-refractivity contribution < 1.29 is 27.7 Å². The molecule has 0 amide bonds. The van der Waals surface area contributed by atoms with Gasteiger partial charge in [0.25, 0.3) is 0 Å². The van der Waals surface area contributed by atoms with Gasteiger partial charge in [-0.15, -0.1) is 95.9 Å². The molecule has 0 unspecified atom stereocenters. The summed E-state index contributed by atoms with van der Waals surface area (Å²) in [4.78, 5) is 0. The Morgan fingerprint density at radius 3 is 0.500 bits per heavy atom. The topological polar surface area (TPSA) is 0 Å². The Hall–Kier alpha value is 5.91. The van der Waals surface area contributed by atoms with Gasteiger partial charge in [0.2, 0.25) is 0 Å². The summed E-state index contributed by atoms with van der Waals surface area (Å²) >= 11 is 0. The van der Waals surface area contributed by atoms with Gasteiger partial charge in [-0.3, -0.25) is 0 Å². The van der Waals surface area contributed by atoms with Crippen molar-refractivity contribution in [2.75, 3.05) is 0 Å². The van der Waals surface area contributed by atoms with Gasteiger partial charge in [-0.1, -0.05) is 0 Å². The molecule has 0 nitrogen and oxygen atoms in total. The van der Waals surface area contributed by atoms with Crippen LogP contribution >= 0.6 is 95.9 Å². The average molecular weight is 845 g/mol. The predicted molar refractivity (Wildman–Crippen MR) is 67.4 cm³/mol. The van der Waals surface area contributed by atoms with E-state index in [9.17, 15) is 0 Å². The molecule has 1 radical (unpaired) electrons. The average Bonchev–Trinajstić information content (AvgIpc) is 0. The van der Waals surface area contributed by atoms with Crippen molar-refractivity contribution >= 4 is 165 Å². The third-order valence-electron chi connectivity index (χ3n) is 0. The molecule has 0 saturated heterocycles. The Balaban J connectivity index is 0. The Kier molecular flexibility index (Phi) is 208. The molecule has 0 fully saturated rings. The molecule has 0 bridgehead atoms. The second-order valence-electron chi connectivity index (χ2n) is 0. The largest absolute Gasteiger partial charge is 0.107 e. The number of hydrogen-bond donors (Lipinski definition) is 0. The SMILES string of the molecule is I.I.I.I.[Cs].[Hg]. The molecule has 0 aromatic rings. The minimum Gasteiger partial charge on any atom is -0.107 e. The van der Waals surface area contributed by atoms with Gasteiger partial charge < -0.3 is 0 Å². The minimum absolute atomic E-state index is 0. The van der Waals surface area contributed by atoms with Crippen molar-refractivity contribution in [1.82, 2.24) is 0 Å². The maximum atomic E-state index is 0. The molecule has 0 aromatic heterocycles. The zero-order valence-electron chi connectivity index (χ0n) is 3.34. The van der Waals surface area contributed by atoms with Crippen molar-refractivity contribution in [2.24, 2.45) is 0 Å². The molecule has 35 valence electrons. The molecular formula is H4CsHgI4. The van der Waals surface area contributed by atoms with E-state index in [1.807, 2.05) is 0 Å². The Labute approximate surface area is 186 Å². The normalized spacial score (nSPS) is 0. The molecule has 0 aliphatic heterocycles. The van der Waals surface area contributed by atoms with Crippen LogP contribution in [0.2, 0.25) is 0 Å². The monoisotopic (exact) mass is 847 g/mol. The van der Waals surface area contributed by atoms with Crippen molar-refractivity contribution in [3.05, 3.63) is 0 Å². The van der Waals surface area contributed by atoms with Crippen LogP contribution in [0.1, 0.15) is 0 Å². The third-order valence-corrected chi connectivity index (χ3v) is 0. The van der Waals surface area contributed by atoms with E-state index in [0.717, 1.165) is 0 Å². The van der Waals surface area contributed by atoms with Crippen LogP contribution < -0.4 is 0 Å². The quantitative estimate of drug-likeness (QED) is 0.259. The zero-order valence-corrected chi connectivity index (χ0v) is 24.4. The van der Waals surface area contributed by atoms with Gasteiger partial charge >= 0.3 is 0 Å². The maximum absolute atomic E-state index is 0. The Bertz CT molecular complexity index is 7.51. The summed E-state index contributed by atoms with van der Waals surface area (Å²) in [6.45, 7) is 0. The van der Waals surface area contributed by atoms with E-state index in [-0.39, 0.29) is 192 Å². The van der Waals surface area contributed by atoms with E-state index >= 15 is 0 Å². The molecular weight excluding hydrogens is 841 g/mol. The van der Waals surface area contributed by atoms with Crippen LogP contribution in [0, 0.1) is 0 Å². The van der Waals surface area contributed by atoms with Gasteiger partial charge in [0, 0.05) is 96.6 Å². The third kappa shape index (κ3) is 22.5. The fourth-order valence-electron chi connectivity index (χ4n) is 0. The summed E-state index contributed by atoms with van der Waals surface area (Å²) in [5.41, 5.74) is 0. The maximum Gasteiger partial charge on any atom is 0 e. The fourth-order valence-corrected chi connectivity index (χ4v) is 0. The standard InChI is InChI=1S/Cs.Hg.4HI/h;;4*1H. The Morgan fingerprint density at radius 1 is 0.500 bits per heavy atom. The number of hydrogen-bond acceptors (Lipinski definition) is 0. The number of rotatable bonds is 0. The van der Waals surface area contributed by atoms with E-state index in [2.05, 4.69) is 0 Å². The molecule has 0 atom stereocenters. The molecule has 6 heavy (non-hydrogen) atoms. The fraction of sp³-hybridized carbons (Fsp3) is 0. The molecule has 0 aromatic carbocycles. The minimum atomic E-state index is 0. The van der Waals surface area contributed by atoms with Crippen LogP contribution in [0.25, 0.3) is 0 Å². The molecule has 0 aliphatic rings. The van der Waals surface area contributed by atoms with Gasteiger partial charge in [-0.05, 0) is 0 Å². The molecule has 6 heteroatoms. The molecule has 0 rings (SSSR count). The summed E-state index contributed by atoms with van der Waals surface area (Å²) in [5, 5.41) is 0. The molecule has 0 spiro atoms.